The minimum absolute atomic E-state index is 0.144. The van der Waals surface area contributed by atoms with Gasteiger partial charge in [0.05, 0.1) is 16.9 Å². The van der Waals surface area contributed by atoms with Gasteiger partial charge in [0.1, 0.15) is 11.6 Å². The van der Waals surface area contributed by atoms with Crippen LogP contribution in [0.5, 0.6) is 0 Å². The van der Waals surface area contributed by atoms with E-state index in [9.17, 15) is 9.18 Å². The summed E-state index contributed by atoms with van der Waals surface area (Å²) in [5, 5.41) is 3.71. The van der Waals surface area contributed by atoms with Gasteiger partial charge in [0.15, 0.2) is 0 Å². The van der Waals surface area contributed by atoms with E-state index in [0.717, 1.165) is 57.8 Å². The van der Waals surface area contributed by atoms with Crippen LogP contribution in [-0.2, 0) is 11.3 Å². The van der Waals surface area contributed by atoms with E-state index in [1.807, 2.05) is 0 Å². The summed E-state index contributed by atoms with van der Waals surface area (Å²) in [6.07, 6.45) is 4.87. The minimum atomic E-state index is -0.228. The molecule has 2 aromatic rings. The zero-order chi connectivity index (χ0) is 24.2. The Morgan fingerprint density at radius 1 is 1.18 bits per heavy atom. The van der Waals surface area contributed by atoms with Gasteiger partial charge in [-0.2, -0.15) is 0 Å². The molecule has 2 aliphatic rings. The summed E-state index contributed by atoms with van der Waals surface area (Å²) in [5.41, 5.74) is 1.31. The van der Waals surface area contributed by atoms with Gasteiger partial charge in [-0.3, -0.25) is 14.6 Å². The van der Waals surface area contributed by atoms with E-state index in [0.29, 0.717) is 39.9 Å². The molecule has 3 heterocycles. The third-order valence-corrected chi connectivity index (χ3v) is 7.39. The standard InChI is InChI=1S/C25H32Cl2FN5O/c1-3-21-16-32(25-23(27)13-20(14-29-25)30-17(2)34)10-11-33(21)22-6-8-31(9-7-22)15-18-4-5-19(26)12-24(18)28/h4-5,12-14,21-22H,3,6-11,15-16H2,1-2H3,(H,30,34). The van der Waals surface area contributed by atoms with Crippen molar-refractivity contribution in [2.24, 2.45) is 0 Å². The molecular weight excluding hydrogens is 476 g/mol. The minimum Gasteiger partial charge on any atom is -0.353 e. The zero-order valence-corrected chi connectivity index (χ0v) is 21.2. The highest BCUT2D eigenvalue weighted by atomic mass is 35.5. The maximum Gasteiger partial charge on any atom is 0.221 e. The van der Waals surface area contributed by atoms with E-state index >= 15 is 0 Å². The number of piperidine rings is 1. The molecule has 1 aromatic heterocycles. The second-order valence-corrected chi connectivity index (χ2v) is 10.0. The summed E-state index contributed by atoms with van der Waals surface area (Å²) in [5.74, 6) is 0.400. The summed E-state index contributed by atoms with van der Waals surface area (Å²) < 4.78 is 14.2. The largest absolute Gasteiger partial charge is 0.353 e. The fraction of sp³-hybridized carbons (Fsp3) is 0.520. The number of aromatic nitrogens is 1. The molecule has 0 saturated carbocycles. The van der Waals surface area contributed by atoms with Gasteiger partial charge in [0, 0.05) is 55.8 Å². The first-order chi connectivity index (χ1) is 16.3. The number of hydrogen-bond donors (Lipinski definition) is 1. The van der Waals surface area contributed by atoms with E-state index in [4.69, 9.17) is 23.2 Å². The van der Waals surface area contributed by atoms with Crippen LogP contribution in [-0.4, -0.2) is 65.5 Å². The number of amides is 1. The fourth-order valence-corrected chi connectivity index (χ4v) is 5.59. The number of benzene rings is 1. The summed E-state index contributed by atoms with van der Waals surface area (Å²) in [6.45, 7) is 8.93. The molecule has 2 aliphatic heterocycles. The van der Waals surface area contributed by atoms with Crippen LogP contribution in [0.25, 0.3) is 0 Å². The van der Waals surface area contributed by atoms with Crippen LogP contribution < -0.4 is 10.2 Å². The quantitative estimate of drug-likeness (QED) is 0.592. The molecule has 1 atom stereocenters. The number of rotatable bonds is 6. The Labute approximate surface area is 211 Å². The number of piperazine rings is 1. The summed E-state index contributed by atoms with van der Waals surface area (Å²) in [6, 6.07) is 7.65. The van der Waals surface area contributed by atoms with Gasteiger partial charge in [-0.15, -0.1) is 0 Å². The predicted octanol–water partition coefficient (Wildman–Crippen LogP) is 5.05. The second kappa shape index (κ2) is 11.2. The van der Waals surface area contributed by atoms with Crippen molar-refractivity contribution < 1.29 is 9.18 Å². The third-order valence-electron chi connectivity index (χ3n) is 6.88. The topological polar surface area (TPSA) is 51.7 Å². The van der Waals surface area contributed by atoms with Crippen LogP contribution in [0.4, 0.5) is 15.9 Å². The Morgan fingerprint density at radius 2 is 1.94 bits per heavy atom. The molecule has 1 unspecified atom stereocenters. The van der Waals surface area contributed by atoms with Crippen molar-refractivity contribution in [3.05, 3.63) is 51.9 Å². The van der Waals surface area contributed by atoms with Gasteiger partial charge in [-0.25, -0.2) is 9.37 Å². The maximum atomic E-state index is 14.2. The number of halogens is 3. The molecule has 0 bridgehead atoms. The van der Waals surface area contributed by atoms with Crippen LogP contribution in [0.15, 0.2) is 30.5 Å². The lowest BCUT2D eigenvalue weighted by molar-refractivity contribution is -0.114. The number of carbonyl (C=O) groups is 1. The van der Waals surface area contributed by atoms with Gasteiger partial charge in [-0.1, -0.05) is 36.2 Å². The van der Waals surface area contributed by atoms with Crippen LogP contribution in [0, 0.1) is 5.82 Å². The van der Waals surface area contributed by atoms with Crippen LogP contribution in [0.1, 0.15) is 38.7 Å². The number of pyridine rings is 1. The summed E-state index contributed by atoms with van der Waals surface area (Å²) >= 11 is 12.4. The van der Waals surface area contributed by atoms with Crippen molar-refractivity contribution in [1.82, 2.24) is 14.8 Å². The van der Waals surface area contributed by atoms with Crippen LogP contribution in [0.3, 0.4) is 0 Å². The fourth-order valence-electron chi connectivity index (χ4n) is 5.14. The van der Waals surface area contributed by atoms with E-state index in [1.54, 1.807) is 24.4 Å². The number of nitrogens with zero attached hydrogens (tertiary/aromatic N) is 4. The van der Waals surface area contributed by atoms with Crippen molar-refractivity contribution in [2.45, 2.75) is 51.7 Å². The molecule has 1 N–H and O–H groups in total. The monoisotopic (exact) mass is 507 g/mol. The van der Waals surface area contributed by atoms with Crippen molar-refractivity contribution in [1.29, 1.82) is 0 Å². The van der Waals surface area contributed by atoms with E-state index < -0.39 is 0 Å². The lowest BCUT2D eigenvalue weighted by atomic mass is 9.97. The molecule has 0 spiro atoms. The number of nitrogens with one attached hydrogen (secondary N) is 1. The average molecular weight is 508 g/mol. The molecule has 34 heavy (non-hydrogen) atoms. The Morgan fingerprint density at radius 3 is 2.59 bits per heavy atom. The van der Waals surface area contributed by atoms with Gasteiger partial charge >= 0.3 is 0 Å². The van der Waals surface area contributed by atoms with Gasteiger partial charge < -0.3 is 10.2 Å². The smallest absolute Gasteiger partial charge is 0.221 e. The first-order valence-corrected chi connectivity index (χ1v) is 12.7. The van der Waals surface area contributed by atoms with E-state index in [-0.39, 0.29) is 11.7 Å². The Hall–Kier alpha value is -1.93. The second-order valence-electron chi connectivity index (χ2n) is 9.20. The van der Waals surface area contributed by atoms with Crippen molar-refractivity contribution >= 4 is 40.6 Å². The molecule has 1 amide bonds. The Bertz CT molecular complexity index is 1010. The SMILES string of the molecule is CCC1CN(c2ncc(NC(C)=O)cc2Cl)CCN1C1CCN(Cc2ccc(Cl)cc2F)CC1. The third kappa shape index (κ3) is 6.00. The lowest BCUT2D eigenvalue weighted by Gasteiger charge is -2.47. The summed E-state index contributed by atoms with van der Waals surface area (Å²) in [7, 11) is 0. The van der Waals surface area contributed by atoms with Crippen molar-refractivity contribution in [3.8, 4) is 0 Å². The molecule has 9 heteroatoms. The molecule has 1 aromatic carbocycles. The molecule has 2 fully saturated rings. The molecule has 0 radical (unpaired) electrons. The Kier molecular flexibility index (Phi) is 8.30. The first-order valence-electron chi connectivity index (χ1n) is 11.9. The first kappa shape index (κ1) is 25.2. The molecule has 184 valence electrons. The van der Waals surface area contributed by atoms with Gasteiger partial charge in [0.25, 0.3) is 0 Å². The molecular formula is C25H32Cl2FN5O. The van der Waals surface area contributed by atoms with Crippen LogP contribution >= 0.6 is 23.2 Å². The normalized spacial score (nSPS) is 20.5. The molecule has 4 rings (SSSR count). The average Bonchev–Trinajstić information content (AvgIpc) is 2.81. The van der Waals surface area contributed by atoms with Crippen molar-refractivity contribution in [3.63, 3.8) is 0 Å². The van der Waals surface area contributed by atoms with E-state index in [2.05, 4.69) is 31.9 Å². The molecule has 6 nitrogen and oxygen atoms in total. The van der Waals surface area contributed by atoms with Gasteiger partial charge in [-0.05, 0) is 50.6 Å². The highest BCUT2D eigenvalue weighted by molar-refractivity contribution is 6.33. The van der Waals surface area contributed by atoms with Gasteiger partial charge in [0.2, 0.25) is 5.91 Å². The van der Waals surface area contributed by atoms with E-state index in [1.165, 1.54) is 13.0 Å². The number of carbonyl (C=O) groups excluding carboxylic acids is 1. The number of anilines is 2. The highest BCUT2D eigenvalue weighted by Gasteiger charge is 2.34. The highest BCUT2D eigenvalue weighted by Crippen LogP contribution is 2.31. The van der Waals surface area contributed by atoms with Crippen LogP contribution in [0.2, 0.25) is 10.0 Å². The maximum absolute atomic E-state index is 14.2. The predicted molar refractivity (Wildman–Crippen MR) is 136 cm³/mol. The molecule has 2 saturated heterocycles. The number of hydrogen-bond acceptors (Lipinski definition) is 5. The molecule has 0 aliphatic carbocycles. The van der Waals surface area contributed by atoms with Crippen molar-refractivity contribution in [2.75, 3.05) is 42.9 Å². The Balaban J connectivity index is 1.34. The zero-order valence-electron chi connectivity index (χ0n) is 19.7. The number of likely N-dealkylation sites (tertiary alicyclic amines) is 1. The lowest BCUT2D eigenvalue weighted by Crippen LogP contribution is -2.58. The summed E-state index contributed by atoms with van der Waals surface area (Å²) in [4.78, 5) is 23.1.